The van der Waals surface area contributed by atoms with Gasteiger partial charge in [-0.1, -0.05) is 36.4 Å². The van der Waals surface area contributed by atoms with Gasteiger partial charge < -0.3 is 5.73 Å². The van der Waals surface area contributed by atoms with Crippen molar-refractivity contribution in [2.45, 2.75) is 13.0 Å². The number of rotatable bonds is 1. The van der Waals surface area contributed by atoms with Gasteiger partial charge in [0.25, 0.3) is 0 Å². The van der Waals surface area contributed by atoms with Crippen molar-refractivity contribution in [3.05, 3.63) is 58.7 Å². The van der Waals surface area contributed by atoms with E-state index in [-0.39, 0.29) is 17.3 Å². The summed E-state index contributed by atoms with van der Waals surface area (Å²) in [6.07, 6.45) is 3.11. The highest BCUT2D eigenvalue weighted by Gasteiger charge is 2.43. The Hall–Kier alpha value is -2.33. The van der Waals surface area contributed by atoms with Crippen molar-refractivity contribution in [2.24, 2.45) is 11.7 Å². The molecule has 1 aromatic carbocycles. The van der Waals surface area contributed by atoms with E-state index in [0.29, 0.717) is 22.3 Å². The van der Waals surface area contributed by atoms with Gasteiger partial charge in [-0.3, -0.25) is 14.4 Å². The van der Waals surface area contributed by atoms with Crippen molar-refractivity contribution in [1.29, 1.82) is 0 Å². The lowest BCUT2D eigenvalue weighted by molar-refractivity contribution is -0.113. The number of hydrogen-bond acceptors (Lipinski definition) is 4. The number of nitrogens with two attached hydrogens (primary N) is 1. The second-order valence-electron chi connectivity index (χ2n) is 5.04. The predicted molar refractivity (Wildman–Crippen MR) is 73.4 cm³/mol. The van der Waals surface area contributed by atoms with Gasteiger partial charge >= 0.3 is 0 Å². The monoisotopic (exact) mass is 267 g/mol. The molecule has 3 rings (SSSR count). The summed E-state index contributed by atoms with van der Waals surface area (Å²) in [4.78, 5) is 36.5. The second-order valence-corrected chi connectivity index (χ2v) is 5.04. The largest absolute Gasteiger partial charge is 0.323 e. The Kier molecular flexibility index (Phi) is 2.76. The maximum absolute atomic E-state index is 12.6. The van der Waals surface area contributed by atoms with Gasteiger partial charge in [-0.25, -0.2) is 0 Å². The molecule has 0 heterocycles. The lowest BCUT2D eigenvalue weighted by Gasteiger charge is -2.32. The number of allylic oxidation sites excluding steroid dienone is 2. The molecular weight excluding hydrogens is 254 g/mol. The van der Waals surface area contributed by atoms with Crippen LogP contribution in [0, 0.1) is 5.92 Å². The van der Waals surface area contributed by atoms with Gasteiger partial charge in [-0.05, 0) is 6.92 Å². The molecule has 0 amide bonds. The van der Waals surface area contributed by atoms with Crippen molar-refractivity contribution in [3.63, 3.8) is 0 Å². The Morgan fingerprint density at radius 3 is 2.40 bits per heavy atom. The summed E-state index contributed by atoms with van der Waals surface area (Å²) < 4.78 is 0. The third-order valence-electron chi connectivity index (χ3n) is 3.88. The second kappa shape index (κ2) is 4.35. The van der Waals surface area contributed by atoms with E-state index in [2.05, 4.69) is 0 Å². The van der Waals surface area contributed by atoms with Crippen LogP contribution in [0.4, 0.5) is 0 Å². The minimum absolute atomic E-state index is 0.174. The fraction of sp³-hybridized carbons (Fsp3) is 0.188. The SMILES string of the molecule is CC(=O)C1=CC=C2C(=O)c3ccccc3C(=O)C2C1N. The molecule has 4 nitrogen and oxygen atoms in total. The predicted octanol–water partition coefficient (Wildman–Crippen LogP) is 1.46. The number of benzene rings is 1. The van der Waals surface area contributed by atoms with E-state index < -0.39 is 12.0 Å². The first-order valence-electron chi connectivity index (χ1n) is 6.38. The third kappa shape index (κ3) is 1.62. The number of hydrogen-bond donors (Lipinski definition) is 1. The molecule has 0 aromatic heterocycles. The van der Waals surface area contributed by atoms with Crippen molar-refractivity contribution >= 4 is 17.3 Å². The molecular formula is C16H13NO3. The fourth-order valence-corrected chi connectivity index (χ4v) is 2.86. The smallest absolute Gasteiger partial charge is 0.190 e. The Morgan fingerprint density at radius 2 is 1.75 bits per heavy atom. The Labute approximate surface area is 116 Å². The van der Waals surface area contributed by atoms with Gasteiger partial charge in [0, 0.05) is 28.3 Å². The molecule has 2 N–H and O–H groups in total. The summed E-state index contributed by atoms with van der Waals surface area (Å²) in [7, 11) is 0. The van der Waals surface area contributed by atoms with E-state index >= 15 is 0 Å². The maximum Gasteiger partial charge on any atom is 0.190 e. The van der Waals surface area contributed by atoms with Gasteiger partial charge in [-0.2, -0.15) is 0 Å². The molecule has 2 atom stereocenters. The van der Waals surface area contributed by atoms with Crippen LogP contribution in [0.1, 0.15) is 27.6 Å². The molecule has 0 bridgehead atoms. The van der Waals surface area contributed by atoms with Gasteiger partial charge in [0.2, 0.25) is 0 Å². The van der Waals surface area contributed by atoms with Gasteiger partial charge in [0.15, 0.2) is 17.3 Å². The molecule has 0 aliphatic heterocycles. The molecule has 100 valence electrons. The third-order valence-corrected chi connectivity index (χ3v) is 3.88. The minimum Gasteiger partial charge on any atom is -0.323 e. The molecule has 0 saturated carbocycles. The van der Waals surface area contributed by atoms with Gasteiger partial charge in [0.05, 0.1) is 5.92 Å². The molecule has 20 heavy (non-hydrogen) atoms. The first-order valence-corrected chi connectivity index (χ1v) is 6.38. The summed E-state index contributed by atoms with van der Waals surface area (Å²) in [6.45, 7) is 1.41. The zero-order valence-electron chi connectivity index (χ0n) is 10.9. The van der Waals surface area contributed by atoms with Crippen molar-refractivity contribution in [3.8, 4) is 0 Å². The molecule has 2 aliphatic carbocycles. The van der Waals surface area contributed by atoms with E-state index in [4.69, 9.17) is 5.73 Å². The Balaban J connectivity index is 2.19. The molecule has 0 fully saturated rings. The summed E-state index contributed by atoms with van der Waals surface area (Å²) in [6, 6.07) is 5.96. The van der Waals surface area contributed by atoms with Crippen LogP contribution in [-0.4, -0.2) is 23.4 Å². The number of Topliss-reactive ketones (excluding diaryl/α,β-unsaturated/α-hetero) is 3. The van der Waals surface area contributed by atoms with E-state index in [9.17, 15) is 14.4 Å². The van der Waals surface area contributed by atoms with Crippen molar-refractivity contribution in [1.82, 2.24) is 0 Å². The average molecular weight is 267 g/mol. The summed E-state index contributed by atoms with van der Waals surface area (Å²) in [5, 5.41) is 0. The molecule has 4 heteroatoms. The zero-order valence-corrected chi connectivity index (χ0v) is 10.9. The van der Waals surface area contributed by atoms with Crippen molar-refractivity contribution in [2.75, 3.05) is 0 Å². The molecule has 2 aliphatic rings. The lowest BCUT2D eigenvalue weighted by atomic mass is 9.70. The average Bonchev–Trinajstić information content (AvgIpc) is 2.44. The number of carbonyl (C=O) groups is 3. The molecule has 0 spiro atoms. The Bertz CT molecular complexity index is 712. The highest BCUT2D eigenvalue weighted by molar-refractivity contribution is 6.24. The number of ketones is 3. The molecule has 1 aromatic rings. The standard InChI is InChI=1S/C16H13NO3/c1-8(18)9-6-7-12-13(14(9)17)16(20)11-5-3-2-4-10(11)15(12)19/h2-7,13-14H,17H2,1H3. The van der Waals surface area contributed by atoms with Crippen LogP contribution in [0.3, 0.4) is 0 Å². The zero-order chi connectivity index (χ0) is 14.4. The molecule has 2 unspecified atom stereocenters. The van der Waals surface area contributed by atoms with Gasteiger partial charge in [-0.15, -0.1) is 0 Å². The maximum atomic E-state index is 12.6. The summed E-state index contributed by atoms with van der Waals surface area (Å²) in [5.41, 5.74) is 7.61. The van der Waals surface area contributed by atoms with Crippen LogP contribution >= 0.6 is 0 Å². The van der Waals surface area contributed by atoms with Crippen LogP contribution in [0.2, 0.25) is 0 Å². The fourth-order valence-electron chi connectivity index (χ4n) is 2.86. The van der Waals surface area contributed by atoms with E-state index in [1.807, 2.05) is 0 Å². The quantitative estimate of drug-likeness (QED) is 0.835. The summed E-state index contributed by atoms with van der Waals surface area (Å²) >= 11 is 0. The Morgan fingerprint density at radius 1 is 1.10 bits per heavy atom. The minimum atomic E-state index is -0.752. The topological polar surface area (TPSA) is 77.2 Å². The summed E-state index contributed by atoms with van der Waals surface area (Å²) in [5.74, 6) is -1.29. The highest BCUT2D eigenvalue weighted by Crippen LogP contribution is 2.35. The normalized spacial score (nSPS) is 24.5. The van der Waals surface area contributed by atoms with Crippen LogP contribution < -0.4 is 5.73 Å². The van der Waals surface area contributed by atoms with Crippen LogP contribution in [-0.2, 0) is 4.79 Å². The number of fused-ring (bicyclic) bond motifs is 2. The van der Waals surface area contributed by atoms with Crippen LogP contribution in [0.25, 0.3) is 0 Å². The molecule has 0 radical (unpaired) electrons. The van der Waals surface area contributed by atoms with E-state index in [1.54, 1.807) is 36.4 Å². The van der Waals surface area contributed by atoms with E-state index in [1.165, 1.54) is 6.92 Å². The van der Waals surface area contributed by atoms with E-state index in [0.717, 1.165) is 0 Å². The molecule has 0 saturated heterocycles. The van der Waals surface area contributed by atoms with Crippen LogP contribution in [0.5, 0.6) is 0 Å². The van der Waals surface area contributed by atoms with Crippen LogP contribution in [0.15, 0.2) is 47.6 Å². The van der Waals surface area contributed by atoms with Crippen molar-refractivity contribution < 1.29 is 14.4 Å². The first kappa shape index (κ1) is 12.7. The lowest BCUT2D eigenvalue weighted by Crippen LogP contribution is -2.45. The first-order chi connectivity index (χ1) is 9.52. The van der Waals surface area contributed by atoms with Gasteiger partial charge in [0.1, 0.15) is 0 Å². The highest BCUT2D eigenvalue weighted by atomic mass is 16.1. The number of carbonyl (C=O) groups excluding carboxylic acids is 3.